The Morgan fingerprint density at radius 2 is 2.15 bits per heavy atom. The molecular formula is C14H22N2O3S. The number of hydrogen-bond donors (Lipinski definition) is 0. The molecule has 6 heteroatoms. The highest BCUT2D eigenvalue weighted by atomic mass is 32.2. The molecule has 2 rings (SSSR count). The molecular weight excluding hydrogens is 276 g/mol. The second-order valence-corrected chi connectivity index (χ2v) is 6.04. The number of hydrogen-bond acceptors (Lipinski definition) is 6. The van der Waals surface area contributed by atoms with Gasteiger partial charge in [-0.25, -0.2) is 0 Å². The van der Waals surface area contributed by atoms with Crippen LogP contribution in [0.4, 0.5) is 0 Å². The molecule has 0 unspecified atom stereocenters. The van der Waals surface area contributed by atoms with Crippen LogP contribution in [0.15, 0.2) is 9.64 Å². The molecule has 20 heavy (non-hydrogen) atoms. The predicted molar refractivity (Wildman–Crippen MR) is 76.7 cm³/mol. The van der Waals surface area contributed by atoms with Gasteiger partial charge in [-0.15, -0.1) is 10.2 Å². The van der Waals surface area contributed by atoms with E-state index in [4.69, 9.17) is 9.15 Å². The van der Waals surface area contributed by atoms with Gasteiger partial charge in [0.15, 0.2) is 0 Å². The number of thioether (sulfide) groups is 1. The summed E-state index contributed by atoms with van der Waals surface area (Å²) >= 11 is 1.52. The molecule has 112 valence electrons. The van der Waals surface area contributed by atoms with E-state index in [9.17, 15) is 4.79 Å². The van der Waals surface area contributed by atoms with Gasteiger partial charge < -0.3 is 9.15 Å². The number of aromatic nitrogens is 2. The topological polar surface area (TPSA) is 65.2 Å². The summed E-state index contributed by atoms with van der Waals surface area (Å²) in [6.07, 6.45) is 7.38. The number of nitrogens with zero attached hydrogens (tertiary/aromatic N) is 2. The Labute approximate surface area is 123 Å². The van der Waals surface area contributed by atoms with Gasteiger partial charge >= 0.3 is 5.97 Å². The van der Waals surface area contributed by atoms with Crippen molar-refractivity contribution in [2.75, 3.05) is 12.4 Å². The van der Waals surface area contributed by atoms with E-state index < -0.39 is 0 Å². The third-order valence-electron chi connectivity index (χ3n) is 3.43. The van der Waals surface area contributed by atoms with Crippen molar-refractivity contribution in [3.63, 3.8) is 0 Å². The Balaban J connectivity index is 1.68. The van der Waals surface area contributed by atoms with Crippen LogP contribution in [0.1, 0.15) is 63.7 Å². The SMILES string of the molecule is CCOC(=O)CCCSc1nnc(C2CCCCC2)o1. The van der Waals surface area contributed by atoms with Crippen LogP contribution in [0.25, 0.3) is 0 Å². The first kappa shape index (κ1) is 15.4. The maximum Gasteiger partial charge on any atom is 0.305 e. The number of rotatable bonds is 7. The van der Waals surface area contributed by atoms with Crippen LogP contribution in [-0.4, -0.2) is 28.5 Å². The van der Waals surface area contributed by atoms with Crippen LogP contribution < -0.4 is 0 Å². The van der Waals surface area contributed by atoms with Crippen molar-refractivity contribution in [2.24, 2.45) is 0 Å². The molecule has 0 atom stereocenters. The third kappa shape index (κ3) is 4.81. The van der Waals surface area contributed by atoms with E-state index >= 15 is 0 Å². The van der Waals surface area contributed by atoms with Gasteiger partial charge in [0.2, 0.25) is 5.89 Å². The minimum atomic E-state index is -0.137. The number of carbonyl (C=O) groups excluding carboxylic acids is 1. The van der Waals surface area contributed by atoms with Gasteiger partial charge in [0.1, 0.15) is 0 Å². The predicted octanol–water partition coefficient (Wildman–Crippen LogP) is 3.55. The average molecular weight is 298 g/mol. The van der Waals surface area contributed by atoms with Gasteiger partial charge in [0.25, 0.3) is 5.22 Å². The maximum absolute atomic E-state index is 11.2. The summed E-state index contributed by atoms with van der Waals surface area (Å²) in [4.78, 5) is 11.2. The lowest BCUT2D eigenvalue weighted by Crippen LogP contribution is -2.04. The zero-order valence-electron chi connectivity index (χ0n) is 12.0. The summed E-state index contributed by atoms with van der Waals surface area (Å²) < 4.78 is 10.6. The standard InChI is InChI=1S/C14H22N2O3S/c1-2-18-12(17)9-6-10-20-14-16-15-13(19-14)11-7-4-3-5-8-11/h11H,2-10H2,1H3. The Bertz CT molecular complexity index is 416. The second-order valence-electron chi connectivity index (χ2n) is 5.00. The molecule has 1 saturated carbocycles. The molecule has 5 nitrogen and oxygen atoms in total. The molecule has 1 aliphatic carbocycles. The Kier molecular flexibility index (Phi) is 6.36. The van der Waals surface area contributed by atoms with Crippen molar-refractivity contribution >= 4 is 17.7 Å². The molecule has 0 N–H and O–H groups in total. The number of ether oxygens (including phenoxy) is 1. The summed E-state index contributed by atoms with van der Waals surface area (Å²) in [5, 5.41) is 8.85. The van der Waals surface area contributed by atoms with E-state index in [0.29, 0.717) is 24.2 Å². The van der Waals surface area contributed by atoms with E-state index in [1.165, 1.54) is 31.0 Å². The highest BCUT2D eigenvalue weighted by Crippen LogP contribution is 2.32. The molecule has 1 aromatic rings. The summed E-state index contributed by atoms with van der Waals surface area (Å²) in [5.41, 5.74) is 0. The average Bonchev–Trinajstić information content (AvgIpc) is 2.94. The fourth-order valence-corrected chi connectivity index (χ4v) is 3.11. The normalized spacial score (nSPS) is 16.2. The smallest absolute Gasteiger partial charge is 0.305 e. The van der Waals surface area contributed by atoms with Gasteiger partial charge in [-0.05, 0) is 26.2 Å². The van der Waals surface area contributed by atoms with Crippen LogP contribution in [0.5, 0.6) is 0 Å². The summed E-state index contributed by atoms with van der Waals surface area (Å²) in [7, 11) is 0. The van der Waals surface area contributed by atoms with E-state index in [0.717, 1.165) is 30.9 Å². The summed E-state index contributed by atoms with van der Waals surface area (Å²) in [6, 6.07) is 0. The lowest BCUT2D eigenvalue weighted by atomic mass is 9.89. The Morgan fingerprint density at radius 3 is 2.90 bits per heavy atom. The van der Waals surface area contributed by atoms with E-state index in [1.807, 2.05) is 6.92 Å². The van der Waals surface area contributed by atoms with Gasteiger partial charge in [-0.2, -0.15) is 0 Å². The van der Waals surface area contributed by atoms with E-state index in [2.05, 4.69) is 10.2 Å². The zero-order chi connectivity index (χ0) is 14.2. The Morgan fingerprint density at radius 1 is 1.35 bits per heavy atom. The lowest BCUT2D eigenvalue weighted by Gasteiger charge is -2.17. The van der Waals surface area contributed by atoms with Crippen LogP contribution >= 0.6 is 11.8 Å². The Hall–Kier alpha value is -1.04. The first-order chi connectivity index (χ1) is 9.79. The first-order valence-electron chi connectivity index (χ1n) is 7.41. The highest BCUT2D eigenvalue weighted by molar-refractivity contribution is 7.99. The van der Waals surface area contributed by atoms with Crippen molar-refractivity contribution in [3.05, 3.63) is 5.89 Å². The molecule has 0 saturated heterocycles. The van der Waals surface area contributed by atoms with Crippen molar-refractivity contribution in [1.82, 2.24) is 10.2 Å². The van der Waals surface area contributed by atoms with E-state index in [1.54, 1.807) is 0 Å². The van der Waals surface area contributed by atoms with Crippen LogP contribution in [0.3, 0.4) is 0 Å². The quantitative estimate of drug-likeness (QED) is 0.436. The molecule has 1 aliphatic rings. The van der Waals surface area contributed by atoms with Crippen LogP contribution in [0.2, 0.25) is 0 Å². The molecule has 1 aromatic heterocycles. The maximum atomic E-state index is 11.2. The molecule has 0 bridgehead atoms. The van der Waals surface area contributed by atoms with Crippen LogP contribution in [0, 0.1) is 0 Å². The van der Waals surface area contributed by atoms with Gasteiger partial charge in [-0.3, -0.25) is 4.79 Å². The minimum Gasteiger partial charge on any atom is -0.466 e. The molecule has 1 fully saturated rings. The van der Waals surface area contributed by atoms with Gasteiger partial charge in [0.05, 0.1) is 6.61 Å². The van der Waals surface area contributed by atoms with Crippen LogP contribution in [-0.2, 0) is 9.53 Å². The fraction of sp³-hybridized carbons (Fsp3) is 0.786. The van der Waals surface area contributed by atoms with Crippen molar-refractivity contribution < 1.29 is 13.9 Å². The zero-order valence-corrected chi connectivity index (χ0v) is 12.8. The van der Waals surface area contributed by atoms with E-state index in [-0.39, 0.29) is 5.97 Å². The third-order valence-corrected chi connectivity index (χ3v) is 4.34. The lowest BCUT2D eigenvalue weighted by molar-refractivity contribution is -0.143. The number of esters is 1. The molecule has 0 amide bonds. The highest BCUT2D eigenvalue weighted by Gasteiger charge is 2.21. The van der Waals surface area contributed by atoms with Crippen molar-refractivity contribution in [2.45, 2.75) is 63.0 Å². The number of carbonyl (C=O) groups is 1. The van der Waals surface area contributed by atoms with Gasteiger partial charge in [-0.1, -0.05) is 31.0 Å². The van der Waals surface area contributed by atoms with Gasteiger partial charge in [0, 0.05) is 18.1 Å². The monoisotopic (exact) mass is 298 g/mol. The fourth-order valence-electron chi connectivity index (χ4n) is 2.40. The molecule has 0 radical (unpaired) electrons. The summed E-state index contributed by atoms with van der Waals surface area (Å²) in [5.74, 6) is 1.90. The largest absolute Gasteiger partial charge is 0.466 e. The minimum absolute atomic E-state index is 0.137. The molecule has 0 aromatic carbocycles. The van der Waals surface area contributed by atoms with Crippen molar-refractivity contribution in [3.8, 4) is 0 Å². The second kappa shape index (κ2) is 8.29. The van der Waals surface area contributed by atoms with Crippen molar-refractivity contribution in [1.29, 1.82) is 0 Å². The first-order valence-corrected chi connectivity index (χ1v) is 8.40. The molecule has 0 aliphatic heterocycles. The summed E-state index contributed by atoms with van der Waals surface area (Å²) in [6.45, 7) is 2.26. The molecule has 1 heterocycles. The molecule has 0 spiro atoms.